The van der Waals surface area contributed by atoms with Crippen LogP contribution >= 0.6 is 22.9 Å². The predicted molar refractivity (Wildman–Crippen MR) is 105 cm³/mol. The lowest BCUT2D eigenvalue weighted by atomic mass is 10.1. The van der Waals surface area contributed by atoms with Crippen LogP contribution in [0.4, 0.5) is 5.13 Å². The van der Waals surface area contributed by atoms with E-state index in [9.17, 15) is 0 Å². The van der Waals surface area contributed by atoms with Gasteiger partial charge >= 0.3 is 0 Å². The summed E-state index contributed by atoms with van der Waals surface area (Å²) in [7, 11) is 0. The summed E-state index contributed by atoms with van der Waals surface area (Å²) in [6, 6.07) is 17.6. The summed E-state index contributed by atoms with van der Waals surface area (Å²) in [5, 5.41) is 5.67. The minimum Gasteiger partial charge on any atom is -0.455 e. The van der Waals surface area contributed by atoms with Crippen molar-refractivity contribution < 1.29 is 4.42 Å². The number of para-hydroxylation sites is 1. The number of hydrogen-bond acceptors (Lipinski definition) is 5. The Balaban J connectivity index is 1.48. The van der Waals surface area contributed by atoms with E-state index in [1.807, 2.05) is 61.5 Å². The van der Waals surface area contributed by atoms with Crippen LogP contribution in [0.25, 0.3) is 21.5 Å². The Morgan fingerprint density at radius 2 is 2.04 bits per heavy atom. The highest BCUT2D eigenvalue weighted by molar-refractivity contribution is 7.22. The number of nitrogens with zero attached hydrogens (tertiary/aromatic N) is 2. The van der Waals surface area contributed by atoms with Crippen molar-refractivity contribution in [1.82, 2.24) is 4.98 Å². The number of nitrogens with one attached hydrogen (secondary N) is 1. The smallest absolute Gasteiger partial charge is 0.204 e. The number of furan rings is 1. The number of fused-ring (bicyclic) bond motifs is 1. The number of hydrogen-bond donors (Lipinski definition) is 1. The molecular formula is C19H14ClN3OS. The van der Waals surface area contributed by atoms with Crippen LogP contribution in [0.1, 0.15) is 11.3 Å². The molecule has 1 N–H and O–H groups in total. The van der Waals surface area contributed by atoms with E-state index in [0.717, 1.165) is 37.3 Å². The summed E-state index contributed by atoms with van der Waals surface area (Å²) < 4.78 is 6.92. The van der Waals surface area contributed by atoms with E-state index in [-0.39, 0.29) is 0 Å². The van der Waals surface area contributed by atoms with E-state index in [1.54, 1.807) is 17.6 Å². The Hall–Kier alpha value is -2.63. The maximum Gasteiger partial charge on any atom is 0.204 e. The molecule has 4 rings (SSSR count). The standard InChI is InChI=1S/C19H14ClN3OS/c1-12-6-7-13(10-15(12)20)17-9-8-14(24-17)11-21-23-19-22-16-4-2-3-5-18(16)25-19/h2-11H,1H3,(H,22,23)/b21-11+. The van der Waals surface area contributed by atoms with E-state index < -0.39 is 0 Å². The van der Waals surface area contributed by atoms with Crippen molar-refractivity contribution in [2.75, 3.05) is 5.43 Å². The third-order valence-electron chi connectivity index (χ3n) is 3.73. The molecule has 0 bridgehead atoms. The lowest BCUT2D eigenvalue weighted by molar-refractivity contribution is 0.575. The van der Waals surface area contributed by atoms with Gasteiger partial charge in [0, 0.05) is 10.6 Å². The first-order chi connectivity index (χ1) is 12.2. The highest BCUT2D eigenvalue weighted by Gasteiger charge is 2.06. The molecule has 124 valence electrons. The van der Waals surface area contributed by atoms with Gasteiger partial charge in [-0.25, -0.2) is 4.98 Å². The van der Waals surface area contributed by atoms with Crippen molar-refractivity contribution >= 4 is 44.5 Å². The molecule has 25 heavy (non-hydrogen) atoms. The van der Waals surface area contributed by atoms with Crippen LogP contribution in [0.2, 0.25) is 5.02 Å². The minimum atomic E-state index is 0.653. The monoisotopic (exact) mass is 367 g/mol. The fourth-order valence-electron chi connectivity index (χ4n) is 2.39. The fourth-order valence-corrected chi connectivity index (χ4v) is 3.39. The molecule has 4 nitrogen and oxygen atoms in total. The van der Waals surface area contributed by atoms with Gasteiger partial charge in [-0.15, -0.1) is 0 Å². The van der Waals surface area contributed by atoms with Crippen molar-refractivity contribution in [3.05, 3.63) is 70.9 Å². The normalized spacial score (nSPS) is 11.4. The van der Waals surface area contributed by atoms with Gasteiger partial charge in [0.1, 0.15) is 11.5 Å². The lowest BCUT2D eigenvalue weighted by Crippen LogP contribution is -1.88. The van der Waals surface area contributed by atoms with Crippen molar-refractivity contribution in [1.29, 1.82) is 0 Å². The third kappa shape index (κ3) is 3.43. The Kier molecular flexibility index (Phi) is 4.26. The highest BCUT2D eigenvalue weighted by atomic mass is 35.5. The van der Waals surface area contributed by atoms with E-state index in [4.69, 9.17) is 16.0 Å². The fraction of sp³-hybridized carbons (Fsp3) is 0.0526. The van der Waals surface area contributed by atoms with Gasteiger partial charge < -0.3 is 4.42 Å². The Labute approximate surface area is 153 Å². The molecule has 0 fully saturated rings. The van der Waals surface area contributed by atoms with Crippen LogP contribution in [0, 0.1) is 6.92 Å². The molecular weight excluding hydrogens is 354 g/mol. The number of thiazole rings is 1. The van der Waals surface area contributed by atoms with E-state index >= 15 is 0 Å². The molecule has 0 atom stereocenters. The minimum absolute atomic E-state index is 0.653. The zero-order valence-electron chi connectivity index (χ0n) is 13.4. The second-order valence-electron chi connectivity index (χ2n) is 5.52. The highest BCUT2D eigenvalue weighted by Crippen LogP contribution is 2.27. The maximum atomic E-state index is 6.17. The summed E-state index contributed by atoms with van der Waals surface area (Å²) in [6.45, 7) is 1.97. The summed E-state index contributed by atoms with van der Waals surface area (Å²) in [6.07, 6.45) is 1.63. The second kappa shape index (κ2) is 6.70. The summed E-state index contributed by atoms with van der Waals surface area (Å²) in [4.78, 5) is 4.46. The lowest BCUT2D eigenvalue weighted by Gasteiger charge is -2.00. The van der Waals surface area contributed by atoms with E-state index in [2.05, 4.69) is 15.5 Å². The number of halogens is 1. The number of anilines is 1. The maximum absolute atomic E-state index is 6.17. The zero-order chi connectivity index (χ0) is 17.2. The van der Waals surface area contributed by atoms with Gasteiger partial charge in [0.2, 0.25) is 5.13 Å². The second-order valence-corrected chi connectivity index (χ2v) is 6.96. The number of rotatable bonds is 4. The summed E-state index contributed by atoms with van der Waals surface area (Å²) in [5.41, 5.74) is 5.88. The molecule has 0 radical (unpaired) electrons. The molecule has 4 aromatic rings. The number of benzene rings is 2. The van der Waals surface area contributed by atoms with Gasteiger partial charge in [-0.3, -0.25) is 5.43 Å². The Morgan fingerprint density at radius 1 is 1.16 bits per heavy atom. The van der Waals surface area contributed by atoms with Gasteiger partial charge in [0.15, 0.2) is 0 Å². The zero-order valence-corrected chi connectivity index (χ0v) is 14.9. The van der Waals surface area contributed by atoms with Crippen molar-refractivity contribution in [3.8, 4) is 11.3 Å². The Bertz CT molecular complexity index is 1030. The van der Waals surface area contributed by atoms with Gasteiger partial charge in [-0.1, -0.05) is 47.2 Å². The molecule has 0 aliphatic carbocycles. The molecule has 2 aromatic carbocycles. The first-order valence-electron chi connectivity index (χ1n) is 7.70. The molecule has 2 aromatic heterocycles. The molecule has 0 aliphatic rings. The van der Waals surface area contributed by atoms with Crippen LogP contribution in [0.5, 0.6) is 0 Å². The predicted octanol–water partition coefficient (Wildman–Crippen LogP) is 5.96. The third-order valence-corrected chi connectivity index (χ3v) is 5.08. The van der Waals surface area contributed by atoms with Crippen LogP contribution in [0.15, 0.2) is 64.1 Å². The molecule has 0 saturated heterocycles. The quantitative estimate of drug-likeness (QED) is 0.357. The van der Waals surface area contributed by atoms with Crippen molar-refractivity contribution in [2.45, 2.75) is 6.92 Å². The first-order valence-corrected chi connectivity index (χ1v) is 8.89. The van der Waals surface area contributed by atoms with Crippen LogP contribution < -0.4 is 5.43 Å². The van der Waals surface area contributed by atoms with Crippen LogP contribution in [0.3, 0.4) is 0 Å². The van der Waals surface area contributed by atoms with Gasteiger partial charge in [-0.2, -0.15) is 5.10 Å². The number of aromatic nitrogens is 1. The molecule has 0 spiro atoms. The molecule has 0 aliphatic heterocycles. The van der Waals surface area contributed by atoms with E-state index in [0.29, 0.717) is 5.76 Å². The number of aryl methyl sites for hydroxylation is 1. The SMILES string of the molecule is Cc1ccc(-c2ccc(/C=N/Nc3nc4ccccc4s3)o2)cc1Cl. The van der Waals surface area contributed by atoms with Gasteiger partial charge in [0.05, 0.1) is 16.4 Å². The van der Waals surface area contributed by atoms with Crippen LogP contribution in [-0.4, -0.2) is 11.2 Å². The van der Waals surface area contributed by atoms with Gasteiger partial charge in [-0.05, 0) is 42.8 Å². The summed E-state index contributed by atoms with van der Waals surface area (Å²) in [5.74, 6) is 1.41. The average Bonchev–Trinajstić information content (AvgIpc) is 3.24. The largest absolute Gasteiger partial charge is 0.455 e. The number of hydrazone groups is 1. The first kappa shape index (κ1) is 15.9. The van der Waals surface area contributed by atoms with Crippen molar-refractivity contribution in [2.24, 2.45) is 5.10 Å². The molecule has 0 saturated carbocycles. The topological polar surface area (TPSA) is 50.4 Å². The Morgan fingerprint density at radius 3 is 2.88 bits per heavy atom. The van der Waals surface area contributed by atoms with Crippen LogP contribution in [-0.2, 0) is 0 Å². The molecule has 0 amide bonds. The molecule has 0 unspecified atom stereocenters. The average molecular weight is 368 g/mol. The molecule has 2 heterocycles. The van der Waals surface area contributed by atoms with Crippen molar-refractivity contribution in [3.63, 3.8) is 0 Å². The summed E-state index contributed by atoms with van der Waals surface area (Å²) >= 11 is 7.73. The van der Waals surface area contributed by atoms with Gasteiger partial charge in [0.25, 0.3) is 0 Å². The molecule has 6 heteroatoms. The van der Waals surface area contributed by atoms with E-state index in [1.165, 1.54) is 0 Å².